The molecule has 2 aromatic heterocycles. The van der Waals surface area contributed by atoms with Gasteiger partial charge in [0.15, 0.2) is 11.6 Å². The van der Waals surface area contributed by atoms with Gasteiger partial charge in [-0.05, 0) is 17.5 Å². The van der Waals surface area contributed by atoms with E-state index >= 15 is 0 Å². The molecular weight excluding hydrogens is 358 g/mol. The van der Waals surface area contributed by atoms with Gasteiger partial charge >= 0.3 is 5.97 Å². The van der Waals surface area contributed by atoms with Gasteiger partial charge < -0.3 is 19.1 Å². The van der Waals surface area contributed by atoms with Crippen molar-refractivity contribution in [2.24, 2.45) is 5.92 Å². The van der Waals surface area contributed by atoms with Crippen LogP contribution in [0.1, 0.15) is 25.5 Å². The van der Waals surface area contributed by atoms with Crippen LogP contribution in [-0.4, -0.2) is 54.4 Å². The third-order valence-corrected chi connectivity index (χ3v) is 4.71. The van der Waals surface area contributed by atoms with E-state index in [9.17, 15) is 4.79 Å². The molecule has 0 bridgehead atoms. The Morgan fingerprint density at radius 1 is 1.19 bits per heavy atom. The third-order valence-electron chi connectivity index (χ3n) is 4.52. The minimum atomic E-state index is -0.450. The molecule has 26 heavy (non-hydrogen) atoms. The predicted molar refractivity (Wildman–Crippen MR) is 97.6 cm³/mol. The number of anilines is 2. The fourth-order valence-electron chi connectivity index (χ4n) is 3.08. The summed E-state index contributed by atoms with van der Waals surface area (Å²) < 4.78 is 10.3. The van der Waals surface area contributed by atoms with E-state index in [0.29, 0.717) is 5.76 Å². The Hall–Kier alpha value is -2.35. The molecule has 3 heterocycles. The van der Waals surface area contributed by atoms with Crippen LogP contribution in [0.2, 0.25) is 5.28 Å². The molecule has 2 aromatic rings. The second kappa shape index (κ2) is 7.90. The zero-order valence-corrected chi connectivity index (χ0v) is 15.8. The molecule has 0 spiro atoms. The van der Waals surface area contributed by atoms with Gasteiger partial charge in [-0.25, -0.2) is 9.97 Å². The number of hydrogen-bond acceptors (Lipinski definition) is 8. The molecule has 1 aliphatic rings. The zero-order chi connectivity index (χ0) is 18.7. The Bertz CT molecular complexity index is 741. The quantitative estimate of drug-likeness (QED) is 0.578. The maximum Gasteiger partial charge on any atom is 0.316 e. The highest BCUT2D eigenvalue weighted by Gasteiger charge is 2.30. The third kappa shape index (κ3) is 3.90. The molecule has 0 radical (unpaired) electrons. The number of carbonyl (C=O) groups excluding carboxylic acids is 1. The van der Waals surface area contributed by atoms with Gasteiger partial charge in [-0.3, -0.25) is 4.79 Å². The Kier molecular flexibility index (Phi) is 5.61. The summed E-state index contributed by atoms with van der Waals surface area (Å²) in [5, 5.41) is 4.40. The van der Waals surface area contributed by atoms with Crippen LogP contribution in [0, 0.1) is 5.92 Å². The highest BCUT2D eigenvalue weighted by atomic mass is 35.5. The number of carbonyl (C=O) groups is 1. The average molecular weight is 380 g/mol. The van der Waals surface area contributed by atoms with Crippen molar-refractivity contribution in [3.63, 3.8) is 0 Å². The first kappa shape index (κ1) is 18.4. The van der Waals surface area contributed by atoms with Crippen LogP contribution in [0.5, 0.6) is 0 Å². The van der Waals surface area contributed by atoms with Gasteiger partial charge in [0.1, 0.15) is 5.92 Å². The fraction of sp³-hybridized carbons (Fsp3) is 0.529. The molecule has 8 nitrogen and oxygen atoms in total. The largest absolute Gasteiger partial charge is 0.468 e. The van der Waals surface area contributed by atoms with E-state index < -0.39 is 5.92 Å². The normalized spacial score (nSPS) is 16.0. The minimum absolute atomic E-state index is 0.0602. The lowest BCUT2D eigenvalue weighted by Crippen LogP contribution is -2.46. The molecule has 3 rings (SSSR count). The number of methoxy groups -OCH3 is 1. The number of rotatable bonds is 5. The number of hydrogen-bond donors (Lipinski definition) is 0. The lowest BCUT2D eigenvalue weighted by molar-refractivity contribution is -0.144. The van der Waals surface area contributed by atoms with Crippen LogP contribution in [0.3, 0.4) is 0 Å². The number of esters is 1. The van der Waals surface area contributed by atoms with Gasteiger partial charge in [0.25, 0.3) is 0 Å². The molecular formula is C17H22ClN5O3. The highest BCUT2D eigenvalue weighted by Crippen LogP contribution is 2.29. The maximum atomic E-state index is 12.0. The van der Waals surface area contributed by atoms with E-state index in [1.54, 1.807) is 12.4 Å². The Labute approximate surface area is 157 Å². The van der Waals surface area contributed by atoms with Gasteiger partial charge in [0.05, 0.1) is 25.2 Å². The summed E-state index contributed by atoms with van der Waals surface area (Å²) in [7, 11) is 1.38. The van der Waals surface area contributed by atoms with Crippen molar-refractivity contribution in [2.75, 3.05) is 43.1 Å². The summed E-state index contributed by atoms with van der Waals surface area (Å²) in [4.78, 5) is 24.4. The van der Waals surface area contributed by atoms with E-state index in [2.05, 4.69) is 24.9 Å². The molecule has 1 aliphatic heterocycles. The first-order chi connectivity index (χ1) is 12.5. The molecule has 0 aliphatic carbocycles. The molecule has 1 unspecified atom stereocenters. The van der Waals surface area contributed by atoms with E-state index in [1.165, 1.54) is 7.11 Å². The topological polar surface area (TPSA) is 84.6 Å². The number of aromatic nitrogens is 3. The van der Waals surface area contributed by atoms with E-state index in [4.69, 9.17) is 20.9 Å². The monoisotopic (exact) mass is 379 g/mol. The van der Waals surface area contributed by atoms with Crippen LogP contribution < -0.4 is 9.80 Å². The van der Waals surface area contributed by atoms with Gasteiger partial charge in [-0.15, -0.1) is 0 Å². The molecule has 0 N–H and O–H groups in total. The Morgan fingerprint density at radius 2 is 1.81 bits per heavy atom. The van der Waals surface area contributed by atoms with Crippen LogP contribution in [-0.2, 0) is 9.53 Å². The molecule has 140 valence electrons. The van der Waals surface area contributed by atoms with Crippen molar-refractivity contribution in [1.82, 2.24) is 15.1 Å². The molecule has 0 saturated carbocycles. The number of ether oxygens (including phenoxy) is 1. The molecule has 1 atom stereocenters. The summed E-state index contributed by atoms with van der Waals surface area (Å²) >= 11 is 5.74. The fourth-order valence-corrected chi connectivity index (χ4v) is 3.18. The minimum Gasteiger partial charge on any atom is -0.468 e. The lowest BCUT2D eigenvalue weighted by Gasteiger charge is -2.35. The molecule has 1 fully saturated rings. The molecule has 0 amide bonds. The molecule has 0 aromatic carbocycles. The van der Waals surface area contributed by atoms with E-state index in [0.717, 1.165) is 37.7 Å². The first-order valence-electron chi connectivity index (χ1n) is 8.51. The summed E-state index contributed by atoms with van der Waals surface area (Å²) in [6.07, 6.45) is 3.45. The summed E-state index contributed by atoms with van der Waals surface area (Å²) in [6.45, 7) is 7.07. The Balaban J connectivity index is 1.66. The summed E-state index contributed by atoms with van der Waals surface area (Å²) in [5.41, 5.74) is 0.945. The van der Waals surface area contributed by atoms with E-state index in [-0.39, 0.29) is 17.2 Å². The van der Waals surface area contributed by atoms with Crippen LogP contribution in [0.25, 0.3) is 0 Å². The first-order valence-corrected chi connectivity index (χ1v) is 8.89. The SMILES string of the molecule is COC(=O)C(c1cc(N2CCN(c3cnc(Cl)nc3)CC2)no1)C(C)C. The van der Waals surface area contributed by atoms with E-state index in [1.807, 2.05) is 19.9 Å². The van der Waals surface area contributed by atoms with Crippen LogP contribution >= 0.6 is 11.6 Å². The average Bonchev–Trinajstić information content (AvgIpc) is 3.11. The van der Waals surface area contributed by atoms with Crippen molar-refractivity contribution in [3.05, 3.63) is 29.5 Å². The number of piperazine rings is 1. The summed E-state index contributed by atoms with van der Waals surface area (Å²) in [6, 6.07) is 1.84. The van der Waals surface area contributed by atoms with Gasteiger partial charge in [-0.1, -0.05) is 19.0 Å². The smallest absolute Gasteiger partial charge is 0.316 e. The zero-order valence-electron chi connectivity index (χ0n) is 15.1. The van der Waals surface area contributed by atoms with Crippen molar-refractivity contribution in [1.29, 1.82) is 0 Å². The van der Waals surface area contributed by atoms with Crippen molar-refractivity contribution in [2.45, 2.75) is 19.8 Å². The van der Waals surface area contributed by atoms with Crippen LogP contribution in [0.15, 0.2) is 23.0 Å². The predicted octanol–water partition coefficient (Wildman–Crippen LogP) is 2.36. The summed E-state index contributed by atoms with van der Waals surface area (Å²) in [5.74, 6) is 0.575. The molecule has 1 saturated heterocycles. The Morgan fingerprint density at radius 3 is 2.38 bits per heavy atom. The van der Waals surface area contributed by atoms with Crippen molar-refractivity contribution >= 4 is 29.1 Å². The lowest BCUT2D eigenvalue weighted by atomic mass is 9.93. The second-order valence-corrected chi connectivity index (χ2v) is 6.85. The second-order valence-electron chi connectivity index (χ2n) is 6.52. The van der Waals surface area contributed by atoms with Gasteiger partial charge in [0, 0.05) is 32.2 Å². The van der Waals surface area contributed by atoms with Gasteiger partial charge in [-0.2, -0.15) is 0 Å². The number of halogens is 1. The van der Waals surface area contributed by atoms with Crippen LogP contribution in [0.4, 0.5) is 11.5 Å². The number of nitrogens with zero attached hydrogens (tertiary/aromatic N) is 5. The van der Waals surface area contributed by atoms with Crippen molar-refractivity contribution in [3.8, 4) is 0 Å². The van der Waals surface area contributed by atoms with Gasteiger partial charge in [0.2, 0.25) is 5.28 Å². The highest BCUT2D eigenvalue weighted by molar-refractivity contribution is 6.28. The van der Waals surface area contributed by atoms with Crippen molar-refractivity contribution < 1.29 is 14.1 Å². The maximum absolute atomic E-state index is 12.0. The molecule has 9 heteroatoms. The standard InChI is InChI=1S/C17H22ClN5O3/c1-11(2)15(16(24)25-3)13-8-14(21-26-13)23-6-4-22(5-7-23)12-9-19-17(18)20-10-12/h8-11,15H,4-7H2,1-3H3.